The molecule has 3 aliphatic rings. The van der Waals surface area contributed by atoms with E-state index in [1.807, 2.05) is 24.3 Å². The second kappa shape index (κ2) is 3.08. The van der Waals surface area contributed by atoms with Crippen molar-refractivity contribution in [1.82, 2.24) is 4.31 Å². The van der Waals surface area contributed by atoms with Gasteiger partial charge >= 0.3 is 9.24 Å². The van der Waals surface area contributed by atoms with Crippen molar-refractivity contribution in [2.24, 2.45) is 5.92 Å². The van der Waals surface area contributed by atoms with E-state index in [4.69, 9.17) is 10.7 Å². The predicted molar refractivity (Wildman–Crippen MR) is 65.4 cm³/mol. The summed E-state index contributed by atoms with van der Waals surface area (Å²) in [6.07, 6.45) is 0.864. The standard InChI is InChI=1S/C12H10ClNO3S/c13-18(16,17)14-11-9-5-8(10(11)12(14)15)6-3-1-2-4-7(6)9/h1-4,8-11H,5H2/t8-,9+,10-,11+/m0/s1. The number of rotatable bonds is 1. The van der Waals surface area contributed by atoms with Gasteiger partial charge in [-0.2, -0.15) is 8.42 Å². The van der Waals surface area contributed by atoms with Crippen molar-refractivity contribution in [3.63, 3.8) is 0 Å². The molecule has 1 aromatic rings. The van der Waals surface area contributed by atoms with Gasteiger partial charge in [0.15, 0.2) is 0 Å². The SMILES string of the molecule is O=C1[C@@H]2[C@@H]([C@@H]3C[C@H]2c2ccccc23)N1S(=O)(=O)Cl. The van der Waals surface area contributed by atoms with Crippen molar-refractivity contribution < 1.29 is 13.2 Å². The van der Waals surface area contributed by atoms with Crippen LogP contribution in [-0.4, -0.2) is 24.7 Å². The summed E-state index contributed by atoms with van der Waals surface area (Å²) >= 11 is 0. The maximum absolute atomic E-state index is 12.0. The molecule has 4 nitrogen and oxygen atoms in total. The molecule has 1 saturated heterocycles. The first kappa shape index (κ1) is 10.8. The summed E-state index contributed by atoms with van der Waals surface area (Å²) in [4.78, 5) is 12.0. The number of amides is 1. The Balaban J connectivity index is 1.84. The molecule has 4 atom stereocenters. The van der Waals surface area contributed by atoms with Crippen LogP contribution in [-0.2, 0) is 14.0 Å². The third-order valence-corrected chi connectivity index (χ3v) is 5.86. The van der Waals surface area contributed by atoms with Crippen LogP contribution in [0, 0.1) is 5.92 Å². The summed E-state index contributed by atoms with van der Waals surface area (Å²) in [6, 6.07) is 7.74. The maximum Gasteiger partial charge on any atom is 0.324 e. The van der Waals surface area contributed by atoms with E-state index < -0.39 is 9.24 Å². The highest BCUT2D eigenvalue weighted by Crippen LogP contribution is 2.62. The average molecular weight is 284 g/mol. The van der Waals surface area contributed by atoms with E-state index in [0.717, 1.165) is 10.7 Å². The zero-order chi connectivity index (χ0) is 12.7. The number of nitrogens with zero attached hydrogens (tertiary/aromatic N) is 1. The van der Waals surface area contributed by atoms with E-state index in [9.17, 15) is 13.2 Å². The third-order valence-electron chi connectivity index (χ3n) is 4.52. The molecule has 0 unspecified atom stereocenters. The second-order valence-corrected chi connectivity index (χ2v) is 7.56. The topological polar surface area (TPSA) is 54.5 Å². The van der Waals surface area contributed by atoms with Crippen molar-refractivity contribution in [2.75, 3.05) is 0 Å². The number of hydrogen-bond donors (Lipinski definition) is 0. The Hall–Kier alpha value is -1.07. The highest BCUT2D eigenvalue weighted by molar-refractivity contribution is 8.12. The average Bonchev–Trinajstić information content (AvgIpc) is 2.79. The Morgan fingerprint density at radius 2 is 1.78 bits per heavy atom. The first-order chi connectivity index (χ1) is 8.50. The lowest BCUT2D eigenvalue weighted by atomic mass is 9.75. The minimum absolute atomic E-state index is 0.127. The number of β-lactam (4-membered cyclic amide) rings is 1. The summed E-state index contributed by atoms with van der Waals surface area (Å²) in [6.45, 7) is 0. The van der Waals surface area contributed by atoms with Gasteiger partial charge in [-0.05, 0) is 23.5 Å². The Morgan fingerprint density at radius 3 is 2.39 bits per heavy atom. The fourth-order valence-corrected chi connectivity index (χ4v) is 5.34. The van der Waals surface area contributed by atoms with Crippen LogP contribution in [0.3, 0.4) is 0 Å². The summed E-state index contributed by atoms with van der Waals surface area (Å²) in [5, 5.41) is 0. The van der Waals surface area contributed by atoms with Gasteiger partial charge in [0.05, 0.1) is 12.0 Å². The van der Waals surface area contributed by atoms with Crippen LogP contribution in [0.2, 0.25) is 0 Å². The molecule has 2 aliphatic carbocycles. The maximum atomic E-state index is 12.0. The van der Waals surface area contributed by atoms with E-state index in [-0.39, 0.29) is 29.7 Å². The molecule has 1 amide bonds. The van der Waals surface area contributed by atoms with E-state index in [1.165, 1.54) is 11.1 Å². The highest BCUT2D eigenvalue weighted by Gasteiger charge is 2.66. The van der Waals surface area contributed by atoms with Crippen LogP contribution in [0.4, 0.5) is 0 Å². The van der Waals surface area contributed by atoms with Gasteiger partial charge in [0, 0.05) is 16.6 Å². The molecule has 94 valence electrons. The van der Waals surface area contributed by atoms with Crippen molar-refractivity contribution in [2.45, 2.75) is 24.3 Å². The lowest BCUT2D eigenvalue weighted by Gasteiger charge is -2.47. The minimum atomic E-state index is -3.94. The molecular formula is C12H10ClNO3S. The predicted octanol–water partition coefficient (Wildman–Crippen LogP) is 1.58. The lowest BCUT2D eigenvalue weighted by molar-refractivity contribution is -0.145. The fraction of sp³-hybridized carbons (Fsp3) is 0.417. The van der Waals surface area contributed by atoms with E-state index in [2.05, 4.69) is 0 Å². The fourth-order valence-electron chi connectivity index (χ4n) is 3.96. The number of carbonyl (C=O) groups is 1. The summed E-state index contributed by atoms with van der Waals surface area (Å²) in [5.41, 5.74) is 2.39. The Bertz CT molecular complexity index is 672. The van der Waals surface area contributed by atoms with E-state index >= 15 is 0 Å². The lowest BCUT2D eigenvalue weighted by Crippen LogP contribution is -2.63. The summed E-state index contributed by atoms with van der Waals surface area (Å²) in [7, 11) is 1.40. The van der Waals surface area contributed by atoms with Gasteiger partial charge in [-0.15, -0.1) is 0 Å². The van der Waals surface area contributed by atoms with Gasteiger partial charge in [0.2, 0.25) is 5.91 Å². The highest BCUT2D eigenvalue weighted by atomic mass is 35.7. The molecule has 2 fully saturated rings. The molecule has 1 heterocycles. The number of hydrogen-bond acceptors (Lipinski definition) is 3. The number of benzene rings is 1. The molecule has 2 bridgehead atoms. The largest absolute Gasteiger partial charge is 0.324 e. The molecular weight excluding hydrogens is 274 g/mol. The minimum Gasteiger partial charge on any atom is -0.273 e. The normalized spacial score (nSPS) is 36.3. The van der Waals surface area contributed by atoms with Crippen molar-refractivity contribution in [3.8, 4) is 0 Å². The second-order valence-electron chi connectivity index (χ2n) is 5.17. The summed E-state index contributed by atoms with van der Waals surface area (Å²) in [5.74, 6) is -0.212. The number of fused-ring (bicyclic) bond motifs is 8. The summed E-state index contributed by atoms with van der Waals surface area (Å²) < 4.78 is 23.7. The quantitative estimate of drug-likeness (QED) is 0.581. The molecule has 4 rings (SSSR count). The van der Waals surface area contributed by atoms with Crippen LogP contribution in [0.15, 0.2) is 24.3 Å². The van der Waals surface area contributed by atoms with Crippen molar-refractivity contribution >= 4 is 25.8 Å². The van der Waals surface area contributed by atoms with Crippen LogP contribution >= 0.6 is 10.7 Å². The Labute approximate surface area is 109 Å². The molecule has 1 saturated carbocycles. The van der Waals surface area contributed by atoms with Crippen LogP contribution in [0.5, 0.6) is 0 Å². The first-order valence-electron chi connectivity index (χ1n) is 5.87. The molecule has 18 heavy (non-hydrogen) atoms. The van der Waals surface area contributed by atoms with Crippen LogP contribution in [0.25, 0.3) is 0 Å². The smallest absolute Gasteiger partial charge is 0.273 e. The first-order valence-corrected chi connectivity index (χ1v) is 8.13. The molecule has 6 heteroatoms. The Morgan fingerprint density at radius 1 is 1.17 bits per heavy atom. The van der Waals surface area contributed by atoms with Gasteiger partial charge < -0.3 is 0 Å². The van der Waals surface area contributed by atoms with Gasteiger partial charge in [-0.25, -0.2) is 4.31 Å². The number of halogens is 1. The van der Waals surface area contributed by atoms with Crippen molar-refractivity contribution in [1.29, 1.82) is 0 Å². The molecule has 1 aromatic carbocycles. The monoisotopic (exact) mass is 283 g/mol. The van der Waals surface area contributed by atoms with Gasteiger partial charge in [-0.3, -0.25) is 4.79 Å². The molecule has 0 spiro atoms. The number of carbonyl (C=O) groups excluding carboxylic acids is 1. The third kappa shape index (κ3) is 1.07. The van der Waals surface area contributed by atoms with Gasteiger partial charge in [0.25, 0.3) is 0 Å². The van der Waals surface area contributed by atoms with E-state index in [0.29, 0.717) is 0 Å². The zero-order valence-electron chi connectivity index (χ0n) is 9.28. The Kier molecular flexibility index (Phi) is 1.85. The van der Waals surface area contributed by atoms with Gasteiger partial charge in [0.1, 0.15) is 0 Å². The van der Waals surface area contributed by atoms with Gasteiger partial charge in [-0.1, -0.05) is 24.3 Å². The molecule has 0 radical (unpaired) electrons. The van der Waals surface area contributed by atoms with E-state index in [1.54, 1.807) is 0 Å². The molecule has 1 aliphatic heterocycles. The van der Waals surface area contributed by atoms with Crippen molar-refractivity contribution in [3.05, 3.63) is 35.4 Å². The van der Waals surface area contributed by atoms with Crippen LogP contribution < -0.4 is 0 Å². The van der Waals surface area contributed by atoms with Crippen LogP contribution in [0.1, 0.15) is 29.4 Å². The molecule has 0 aromatic heterocycles. The molecule has 0 N–H and O–H groups in total. The zero-order valence-corrected chi connectivity index (χ0v) is 10.9.